The standard InChI is InChI=1S/C21H20FN3/c1-24-12-13-25(20-5-3-19(22)4-6-20)21-7-2-17(14-18(21)15-24)16-8-10-23-11-9-16/h2-11,14H,12-13,15H2,1H3. The molecule has 0 saturated heterocycles. The predicted octanol–water partition coefficient (Wildman–Crippen LogP) is 4.47. The Morgan fingerprint density at radius 2 is 1.64 bits per heavy atom. The number of hydrogen-bond acceptors (Lipinski definition) is 3. The van der Waals surface area contributed by atoms with Crippen LogP contribution >= 0.6 is 0 Å². The van der Waals surface area contributed by atoms with Crippen molar-refractivity contribution in [1.29, 1.82) is 0 Å². The van der Waals surface area contributed by atoms with Crippen molar-refractivity contribution in [3.05, 3.63) is 78.4 Å². The number of aromatic nitrogens is 1. The molecule has 0 saturated carbocycles. The third-order valence-corrected chi connectivity index (χ3v) is 4.67. The van der Waals surface area contributed by atoms with E-state index >= 15 is 0 Å². The van der Waals surface area contributed by atoms with Crippen LogP contribution in [0.2, 0.25) is 0 Å². The fraction of sp³-hybridized carbons (Fsp3) is 0.190. The van der Waals surface area contributed by atoms with Gasteiger partial charge in [-0.15, -0.1) is 0 Å². The van der Waals surface area contributed by atoms with Gasteiger partial charge in [-0.2, -0.15) is 0 Å². The minimum Gasteiger partial charge on any atom is -0.340 e. The summed E-state index contributed by atoms with van der Waals surface area (Å²) in [7, 11) is 2.14. The third kappa shape index (κ3) is 3.26. The van der Waals surface area contributed by atoms with Crippen LogP contribution in [0.3, 0.4) is 0 Å². The van der Waals surface area contributed by atoms with Gasteiger partial charge in [-0.1, -0.05) is 6.07 Å². The topological polar surface area (TPSA) is 19.4 Å². The van der Waals surface area contributed by atoms with Gasteiger partial charge in [-0.05, 0) is 72.3 Å². The maximum atomic E-state index is 13.3. The van der Waals surface area contributed by atoms with E-state index in [9.17, 15) is 4.39 Å². The normalized spacial score (nSPS) is 14.9. The second-order valence-electron chi connectivity index (χ2n) is 6.45. The van der Waals surface area contributed by atoms with Crippen molar-refractivity contribution in [1.82, 2.24) is 9.88 Å². The van der Waals surface area contributed by atoms with Gasteiger partial charge >= 0.3 is 0 Å². The van der Waals surface area contributed by atoms with Crippen LogP contribution in [0.4, 0.5) is 15.8 Å². The molecule has 0 atom stereocenters. The van der Waals surface area contributed by atoms with Crippen molar-refractivity contribution in [3.8, 4) is 11.1 Å². The number of anilines is 2. The SMILES string of the molecule is CN1CCN(c2ccc(F)cc2)c2ccc(-c3ccncc3)cc2C1. The van der Waals surface area contributed by atoms with Crippen LogP contribution in [-0.2, 0) is 6.54 Å². The molecule has 0 bridgehead atoms. The van der Waals surface area contributed by atoms with Crippen LogP contribution in [0, 0.1) is 5.82 Å². The number of rotatable bonds is 2. The Hall–Kier alpha value is -2.72. The summed E-state index contributed by atoms with van der Waals surface area (Å²) in [5.74, 6) is -0.205. The van der Waals surface area contributed by atoms with Gasteiger partial charge in [-0.25, -0.2) is 4.39 Å². The van der Waals surface area contributed by atoms with Crippen molar-refractivity contribution in [2.75, 3.05) is 25.0 Å². The number of halogens is 1. The second kappa shape index (κ2) is 6.65. The van der Waals surface area contributed by atoms with Crippen molar-refractivity contribution in [2.24, 2.45) is 0 Å². The van der Waals surface area contributed by atoms with Crippen LogP contribution in [0.25, 0.3) is 11.1 Å². The molecule has 0 radical (unpaired) electrons. The lowest BCUT2D eigenvalue weighted by Gasteiger charge is -2.25. The van der Waals surface area contributed by atoms with Crippen molar-refractivity contribution in [2.45, 2.75) is 6.54 Å². The molecule has 0 N–H and O–H groups in total. The van der Waals surface area contributed by atoms with Gasteiger partial charge in [0.15, 0.2) is 0 Å². The minimum absolute atomic E-state index is 0.205. The second-order valence-corrected chi connectivity index (χ2v) is 6.45. The van der Waals surface area contributed by atoms with E-state index in [1.807, 2.05) is 36.7 Å². The number of nitrogens with zero attached hydrogens (tertiary/aromatic N) is 3. The molecule has 1 aliphatic rings. The van der Waals surface area contributed by atoms with Gasteiger partial charge in [-0.3, -0.25) is 4.98 Å². The number of likely N-dealkylation sites (N-methyl/N-ethyl adjacent to an activating group) is 1. The van der Waals surface area contributed by atoms with Gasteiger partial charge in [0.25, 0.3) is 0 Å². The monoisotopic (exact) mass is 333 g/mol. The maximum absolute atomic E-state index is 13.3. The first kappa shape index (κ1) is 15.8. The number of hydrogen-bond donors (Lipinski definition) is 0. The minimum atomic E-state index is -0.205. The molecule has 0 unspecified atom stereocenters. The first-order valence-electron chi connectivity index (χ1n) is 8.46. The third-order valence-electron chi connectivity index (χ3n) is 4.67. The highest BCUT2D eigenvalue weighted by Crippen LogP contribution is 2.34. The first-order valence-corrected chi connectivity index (χ1v) is 8.46. The lowest BCUT2D eigenvalue weighted by molar-refractivity contribution is 0.343. The first-order chi connectivity index (χ1) is 12.2. The molecule has 0 fully saturated rings. The molecule has 3 nitrogen and oxygen atoms in total. The van der Waals surface area contributed by atoms with E-state index in [2.05, 4.69) is 40.0 Å². The van der Waals surface area contributed by atoms with E-state index in [4.69, 9.17) is 0 Å². The zero-order valence-electron chi connectivity index (χ0n) is 14.2. The summed E-state index contributed by atoms with van der Waals surface area (Å²) >= 11 is 0. The van der Waals surface area contributed by atoms with Crippen molar-refractivity contribution < 1.29 is 4.39 Å². The highest BCUT2D eigenvalue weighted by atomic mass is 19.1. The highest BCUT2D eigenvalue weighted by molar-refractivity contribution is 5.73. The lowest BCUT2D eigenvalue weighted by Crippen LogP contribution is -2.26. The van der Waals surface area contributed by atoms with E-state index in [0.29, 0.717) is 0 Å². The summed E-state index contributed by atoms with van der Waals surface area (Å²) < 4.78 is 13.3. The molecular formula is C21H20FN3. The Balaban J connectivity index is 1.78. The smallest absolute Gasteiger partial charge is 0.123 e. The fourth-order valence-corrected chi connectivity index (χ4v) is 3.35. The molecule has 126 valence electrons. The van der Waals surface area contributed by atoms with Crippen LogP contribution in [0.1, 0.15) is 5.56 Å². The summed E-state index contributed by atoms with van der Waals surface area (Å²) in [4.78, 5) is 8.69. The van der Waals surface area contributed by atoms with Crippen LogP contribution < -0.4 is 4.90 Å². The van der Waals surface area contributed by atoms with Crippen molar-refractivity contribution >= 4 is 11.4 Å². The average molecular weight is 333 g/mol. The largest absolute Gasteiger partial charge is 0.340 e. The van der Waals surface area contributed by atoms with E-state index in [1.54, 1.807) is 0 Å². The van der Waals surface area contributed by atoms with Gasteiger partial charge in [0, 0.05) is 43.4 Å². The summed E-state index contributed by atoms with van der Waals surface area (Å²) in [5, 5.41) is 0. The molecule has 1 aromatic heterocycles. The van der Waals surface area contributed by atoms with Gasteiger partial charge in [0.1, 0.15) is 5.82 Å². The Kier molecular flexibility index (Phi) is 4.20. The molecule has 4 rings (SSSR count). The maximum Gasteiger partial charge on any atom is 0.123 e. The Bertz CT molecular complexity index is 862. The molecule has 0 spiro atoms. The number of fused-ring (bicyclic) bond motifs is 1. The molecule has 1 aliphatic heterocycles. The average Bonchev–Trinajstić information content (AvgIpc) is 2.81. The molecule has 2 heterocycles. The summed E-state index contributed by atoms with van der Waals surface area (Å²) in [6, 6.07) is 17.4. The van der Waals surface area contributed by atoms with Crippen LogP contribution in [0.5, 0.6) is 0 Å². The Morgan fingerprint density at radius 1 is 0.880 bits per heavy atom. The van der Waals surface area contributed by atoms with E-state index in [1.165, 1.54) is 28.9 Å². The summed E-state index contributed by atoms with van der Waals surface area (Å²) in [6.45, 7) is 2.73. The molecule has 0 amide bonds. The van der Waals surface area contributed by atoms with Gasteiger partial charge in [0.05, 0.1) is 0 Å². The lowest BCUT2D eigenvalue weighted by atomic mass is 10.0. The zero-order valence-corrected chi connectivity index (χ0v) is 14.2. The van der Waals surface area contributed by atoms with E-state index < -0.39 is 0 Å². The van der Waals surface area contributed by atoms with Gasteiger partial charge < -0.3 is 9.80 Å². The fourth-order valence-electron chi connectivity index (χ4n) is 3.35. The summed E-state index contributed by atoms with van der Waals surface area (Å²) in [5.41, 5.74) is 5.84. The predicted molar refractivity (Wildman–Crippen MR) is 99.4 cm³/mol. The van der Waals surface area contributed by atoms with Crippen LogP contribution in [-0.4, -0.2) is 30.0 Å². The summed E-state index contributed by atoms with van der Waals surface area (Å²) in [6.07, 6.45) is 3.63. The molecular weight excluding hydrogens is 313 g/mol. The number of benzene rings is 2. The molecule has 2 aromatic carbocycles. The molecule has 0 aliphatic carbocycles. The molecule has 25 heavy (non-hydrogen) atoms. The van der Waals surface area contributed by atoms with E-state index in [-0.39, 0.29) is 5.82 Å². The number of pyridine rings is 1. The quantitative estimate of drug-likeness (QED) is 0.690. The van der Waals surface area contributed by atoms with Crippen LogP contribution in [0.15, 0.2) is 67.0 Å². The Morgan fingerprint density at radius 3 is 2.40 bits per heavy atom. The molecule has 3 aromatic rings. The molecule has 4 heteroatoms. The van der Waals surface area contributed by atoms with E-state index in [0.717, 1.165) is 30.9 Å². The highest BCUT2D eigenvalue weighted by Gasteiger charge is 2.19. The van der Waals surface area contributed by atoms with Gasteiger partial charge in [0.2, 0.25) is 0 Å². The zero-order chi connectivity index (χ0) is 17.2. The Labute approximate surface area is 147 Å². The van der Waals surface area contributed by atoms with Crippen molar-refractivity contribution in [3.63, 3.8) is 0 Å².